The summed E-state index contributed by atoms with van der Waals surface area (Å²) in [6.45, 7) is -0.208. The lowest BCUT2D eigenvalue weighted by Gasteiger charge is -2.05. The van der Waals surface area contributed by atoms with Crippen molar-refractivity contribution in [2.24, 2.45) is 0 Å². The van der Waals surface area contributed by atoms with Crippen molar-refractivity contribution >= 4 is 23.2 Å². The standard InChI is InChI=1S/C19H15FN2O3S/c20-15-8-6-14(7-9-15)19-22-16(12-26-19)11-25-17(23)10-21-18(24)13-4-2-1-3-5-13/h1-9,12H,10-11H2,(H,21,24). The van der Waals surface area contributed by atoms with Crippen molar-refractivity contribution in [2.45, 2.75) is 6.61 Å². The van der Waals surface area contributed by atoms with Gasteiger partial charge in [0.1, 0.15) is 24.0 Å². The SMILES string of the molecule is O=C(CNC(=O)c1ccccc1)OCc1csc(-c2ccc(F)cc2)n1. The Kier molecular flexibility index (Phi) is 5.70. The molecule has 132 valence electrons. The number of carbonyl (C=O) groups is 2. The molecule has 1 N–H and O–H groups in total. The van der Waals surface area contributed by atoms with Crippen LogP contribution >= 0.6 is 11.3 Å². The van der Waals surface area contributed by atoms with E-state index in [9.17, 15) is 14.0 Å². The lowest BCUT2D eigenvalue weighted by molar-refractivity contribution is -0.143. The van der Waals surface area contributed by atoms with Gasteiger partial charge < -0.3 is 10.1 Å². The van der Waals surface area contributed by atoms with Gasteiger partial charge in [-0.1, -0.05) is 18.2 Å². The van der Waals surface area contributed by atoms with Crippen LogP contribution in [0.25, 0.3) is 10.6 Å². The molecule has 0 radical (unpaired) electrons. The Morgan fingerprint density at radius 1 is 1.08 bits per heavy atom. The lowest BCUT2D eigenvalue weighted by Crippen LogP contribution is -2.30. The Morgan fingerprint density at radius 2 is 1.81 bits per heavy atom. The van der Waals surface area contributed by atoms with Crippen molar-refractivity contribution in [3.8, 4) is 10.6 Å². The zero-order valence-corrected chi connectivity index (χ0v) is 14.5. The van der Waals surface area contributed by atoms with Crippen molar-refractivity contribution in [1.82, 2.24) is 10.3 Å². The molecule has 0 saturated carbocycles. The van der Waals surface area contributed by atoms with Crippen molar-refractivity contribution in [3.63, 3.8) is 0 Å². The van der Waals surface area contributed by atoms with Crippen LogP contribution in [0.5, 0.6) is 0 Å². The normalized spacial score (nSPS) is 10.3. The van der Waals surface area contributed by atoms with Gasteiger partial charge in [0.15, 0.2) is 0 Å². The van der Waals surface area contributed by atoms with Crippen molar-refractivity contribution < 1.29 is 18.7 Å². The number of amides is 1. The van der Waals surface area contributed by atoms with Crippen molar-refractivity contribution in [3.05, 3.63) is 77.1 Å². The molecule has 1 aromatic heterocycles. The van der Waals surface area contributed by atoms with Crippen LogP contribution in [0.3, 0.4) is 0 Å². The minimum atomic E-state index is -0.550. The maximum Gasteiger partial charge on any atom is 0.325 e. The number of esters is 1. The molecule has 0 spiro atoms. The van der Waals surface area contributed by atoms with Gasteiger partial charge >= 0.3 is 5.97 Å². The molecule has 3 aromatic rings. The number of nitrogens with zero attached hydrogens (tertiary/aromatic N) is 1. The third kappa shape index (κ3) is 4.73. The van der Waals surface area contributed by atoms with Crippen LogP contribution in [0, 0.1) is 5.82 Å². The molecule has 0 unspecified atom stereocenters. The maximum absolute atomic E-state index is 13.0. The molecule has 1 amide bonds. The van der Waals surface area contributed by atoms with Crippen molar-refractivity contribution in [1.29, 1.82) is 0 Å². The zero-order valence-electron chi connectivity index (χ0n) is 13.6. The van der Waals surface area contributed by atoms with Crippen LogP contribution in [0.2, 0.25) is 0 Å². The smallest absolute Gasteiger partial charge is 0.325 e. The van der Waals surface area contributed by atoms with E-state index in [4.69, 9.17) is 4.74 Å². The fourth-order valence-electron chi connectivity index (χ4n) is 2.15. The fraction of sp³-hybridized carbons (Fsp3) is 0.105. The highest BCUT2D eigenvalue weighted by molar-refractivity contribution is 7.13. The molecule has 0 aliphatic rings. The molecule has 0 fully saturated rings. The second-order valence-electron chi connectivity index (χ2n) is 5.36. The van der Waals surface area contributed by atoms with Gasteiger partial charge in [0.2, 0.25) is 0 Å². The first-order valence-corrected chi connectivity index (χ1v) is 8.69. The number of thiazole rings is 1. The van der Waals surface area contributed by atoms with Crippen LogP contribution in [0.4, 0.5) is 4.39 Å². The Labute approximate surface area is 153 Å². The number of hydrogen-bond donors (Lipinski definition) is 1. The summed E-state index contributed by atoms with van der Waals surface area (Å²) in [4.78, 5) is 28.0. The Hall–Kier alpha value is -3.06. The average Bonchev–Trinajstić information content (AvgIpc) is 3.14. The summed E-state index contributed by atoms with van der Waals surface area (Å²) < 4.78 is 18.1. The van der Waals surface area contributed by atoms with Gasteiger partial charge in [-0.3, -0.25) is 9.59 Å². The van der Waals surface area contributed by atoms with Crippen LogP contribution in [-0.4, -0.2) is 23.4 Å². The molecule has 0 bridgehead atoms. The molecule has 5 nitrogen and oxygen atoms in total. The minimum Gasteiger partial charge on any atom is -0.458 e. The lowest BCUT2D eigenvalue weighted by atomic mass is 10.2. The third-order valence-corrected chi connectivity index (χ3v) is 4.39. The highest BCUT2D eigenvalue weighted by atomic mass is 32.1. The first kappa shape index (κ1) is 17.8. The molecule has 26 heavy (non-hydrogen) atoms. The molecule has 0 saturated heterocycles. The second kappa shape index (κ2) is 8.35. The first-order valence-electron chi connectivity index (χ1n) is 7.81. The number of carbonyl (C=O) groups excluding carboxylic acids is 2. The van der Waals surface area contributed by atoms with Crippen LogP contribution in [0.1, 0.15) is 16.1 Å². The van der Waals surface area contributed by atoms with E-state index < -0.39 is 5.97 Å². The Balaban J connectivity index is 1.47. The molecular formula is C19H15FN2O3S. The number of rotatable bonds is 6. The molecule has 0 aliphatic heterocycles. The quantitative estimate of drug-likeness (QED) is 0.675. The van der Waals surface area contributed by atoms with Crippen molar-refractivity contribution in [2.75, 3.05) is 6.54 Å². The summed E-state index contributed by atoms with van der Waals surface area (Å²) in [6, 6.07) is 14.6. The number of nitrogens with one attached hydrogen (secondary N) is 1. The summed E-state index contributed by atoms with van der Waals surface area (Å²) in [5, 5.41) is 4.99. The summed E-state index contributed by atoms with van der Waals surface area (Å²) in [6.07, 6.45) is 0. The fourth-order valence-corrected chi connectivity index (χ4v) is 2.96. The molecular weight excluding hydrogens is 355 g/mol. The topological polar surface area (TPSA) is 68.3 Å². The largest absolute Gasteiger partial charge is 0.458 e. The van der Waals surface area contributed by atoms with Gasteiger partial charge in [0, 0.05) is 16.5 Å². The maximum atomic E-state index is 13.0. The number of halogens is 1. The van der Waals surface area contributed by atoms with E-state index in [0.29, 0.717) is 16.3 Å². The summed E-state index contributed by atoms with van der Waals surface area (Å²) in [7, 11) is 0. The van der Waals surface area contributed by atoms with E-state index in [1.165, 1.54) is 23.5 Å². The molecule has 2 aromatic carbocycles. The third-order valence-electron chi connectivity index (χ3n) is 3.45. The molecule has 0 aliphatic carbocycles. The van der Waals surface area contributed by atoms with E-state index in [1.54, 1.807) is 47.8 Å². The van der Waals surface area contributed by atoms with Crippen LogP contribution in [-0.2, 0) is 16.1 Å². The molecule has 0 atom stereocenters. The molecule has 1 heterocycles. The summed E-state index contributed by atoms with van der Waals surface area (Å²) >= 11 is 1.38. The van der Waals surface area contributed by atoms with E-state index in [1.807, 2.05) is 0 Å². The second-order valence-corrected chi connectivity index (χ2v) is 6.22. The van der Waals surface area contributed by atoms with Gasteiger partial charge in [-0.25, -0.2) is 9.37 Å². The van der Waals surface area contributed by atoms with Gasteiger partial charge in [-0.05, 0) is 36.4 Å². The van der Waals surface area contributed by atoms with Gasteiger partial charge in [0.25, 0.3) is 5.91 Å². The number of ether oxygens (including phenoxy) is 1. The van der Waals surface area contributed by atoms with Gasteiger partial charge in [-0.15, -0.1) is 11.3 Å². The molecule has 3 rings (SSSR count). The Morgan fingerprint density at radius 3 is 2.54 bits per heavy atom. The average molecular weight is 370 g/mol. The van der Waals surface area contributed by atoms with E-state index >= 15 is 0 Å². The number of benzene rings is 2. The number of aromatic nitrogens is 1. The summed E-state index contributed by atoms with van der Waals surface area (Å²) in [5.41, 5.74) is 1.87. The molecule has 7 heteroatoms. The summed E-state index contributed by atoms with van der Waals surface area (Å²) in [5.74, 6) is -1.20. The van der Waals surface area contributed by atoms with E-state index in [-0.39, 0.29) is 24.9 Å². The Bertz CT molecular complexity index is 895. The first-order chi connectivity index (χ1) is 12.6. The minimum absolute atomic E-state index is 0.0116. The highest BCUT2D eigenvalue weighted by Crippen LogP contribution is 2.24. The zero-order chi connectivity index (χ0) is 18.4. The van der Waals surface area contributed by atoms with Gasteiger partial charge in [-0.2, -0.15) is 0 Å². The predicted molar refractivity (Wildman–Crippen MR) is 96.1 cm³/mol. The highest BCUT2D eigenvalue weighted by Gasteiger charge is 2.10. The van der Waals surface area contributed by atoms with Crippen LogP contribution in [0.15, 0.2) is 60.0 Å². The van der Waals surface area contributed by atoms with E-state index in [2.05, 4.69) is 10.3 Å². The monoisotopic (exact) mass is 370 g/mol. The van der Waals surface area contributed by atoms with E-state index in [0.717, 1.165) is 5.56 Å². The van der Waals surface area contributed by atoms with Crippen LogP contribution < -0.4 is 5.32 Å². The predicted octanol–water partition coefficient (Wildman–Crippen LogP) is 3.42. The van der Waals surface area contributed by atoms with Gasteiger partial charge in [0.05, 0.1) is 5.69 Å². The number of hydrogen-bond acceptors (Lipinski definition) is 5.